The van der Waals surface area contributed by atoms with Gasteiger partial charge in [-0.25, -0.2) is 4.79 Å². The van der Waals surface area contributed by atoms with E-state index in [2.05, 4.69) is 17.2 Å². The minimum atomic E-state index is -1.10. The molecule has 7 nitrogen and oxygen atoms in total. The van der Waals surface area contributed by atoms with Gasteiger partial charge in [-0.1, -0.05) is 54.8 Å². The number of halogens is 2. The molecule has 1 saturated carbocycles. The van der Waals surface area contributed by atoms with Crippen molar-refractivity contribution in [3.05, 3.63) is 63.7 Å². The number of hydrogen-bond donors (Lipinski definition) is 3. The Kier molecular flexibility index (Phi) is 9.16. The van der Waals surface area contributed by atoms with Crippen LogP contribution >= 0.6 is 23.2 Å². The van der Waals surface area contributed by atoms with Crippen molar-refractivity contribution < 1.29 is 24.2 Å². The van der Waals surface area contributed by atoms with Crippen LogP contribution in [0.25, 0.3) is 0 Å². The molecule has 0 aromatic heterocycles. The average Bonchev–Trinajstić information content (AvgIpc) is 3.28. The van der Waals surface area contributed by atoms with Gasteiger partial charge in [0.05, 0.1) is 16.0 Å². The molecule has 2 amide bonds. The van der Waals surface area contributed by atoms with Crippen LogP contribution in [0.2, 0.25) is 0 Å². The average molecular weight is 521 g/mol. The lowest BCUT2D eigenvalue weighted by Gasteiger charge is -2.29. The predicted octanol–water partition coefficient (Wildman–Crippen LogP) is 4.91. The van der Waals surface area contributed by atoms with Gasteiger partial charge in [0.1, 0.15) is 6.04 Å². The molecule has 2 aliphatic rings. The number of aliphatic carboxylic acids is 1. The molecule has 3 rings (SSSR count). The van der Waals surface area contributed by atoms with Crippen molar-refractivity contribution in [2.45, 2.75) is 51.0 Å². The highest BCUT2D eigenvalue weighted by Gasteiger charge is 2.42. The molecule has 1 aromatic carbocycles. The van der Waals surface area contributed by atoms with Gasteiger partial charge in [0.25, 0.3) is 5.91 Å². The Hall–Kier alpha value is -2.61. The molecule has 1 unspecified atom stereocenters. The summed E-state index contributed by atoms with van der Waals surface area (Å²) in [6, 6.07) is 5.69. The fraction of sp³-hybridized carbons (Fsp3) is 0.423. The minimum absolute atomic E-state index is 0.114. The maximum absolute atomic E-state index is 13.1. The maximum atomic E-state index is 13.1. The first-order valence-electron chi connectivity index (χ1n) is 11.5. The molecule has 0 saturated heterocycles. The molecule has 0 radical (unpaired) electrons. The van der Waals surface area contributed by atoms with Gasteiger partial charge in [0.2, 0.25) is 5.91 Å². The van der Waals surface area contributed by atoms with E-state index in [-0.39, 0.29) is 22.9 Å². The van der Waals surface area contributed by atoms with Gasteiger partial charge in [-0.05, 0) is 48.6 Å². The highest BCUT2D eigenvalue weighted by Crippen LogP contribution is 2.41. The van der Waals surface area contributed by atoms with Gasteiger partial charge in [0.15, 0.2) is 0 Å². The lowest BCUT2D eigenvalue weighted by molar-refractivity contribution is -0.144. The van der Waals surface area contributed by atoms with Crippen LogP contribution in [0.15, 0.2) is 58.1 Å². The van der Waals surface area contributed by atoms with E-state index in [1.165, 1.54) is 0 Å². The number of anilines is 1. The van der Waals surface area contributed by atoms with E-state index in [1.54, 1.807) is 37.5 Å². The van der Waals surface area contributed by atoms with Crippen LogP contribution < -0.4 is 10.6 Å². The number of carbonyl (C=O) groups is 3. The Morgan fingerprint density at radius 1 is 1.17 bits per heavy atom. The van der Waals surface area contributed by atoms with Gasteiger partial charge in [-0.15, -0.1) is 0 Å². The SMILES string of the molecule is C=C1C=C(Cl)C(C(=O)Nc2ccc(CC(NC(=O)C3(CCOC)CCCC3)C(=O)O)cc2)=C(Cl)C1. The number of nitrogens with one attached hydrogen (secondary N) is 2. The Labute approximate surface area is 215 Å². The molecule has 0 bridgehead atoms. The number of carboxylic acids is 1. The summed E-state index contributed by atoms with van der Waals surface area (Å²) in [6.07, 6.45) is 6.01. The molecule has 9 heteroatoms. The monoisotopic (exact) mass is 520 g/mol. The van der Waals surface area contributed by atoms with Crippen LogP contribution in [0.1, 0.15) is 44.1 Å². The highest BCUT2D eigenvalue weighted by molar-refractivity contribution is 6.41. The van der Waals surface area contributed by atoms with Crippen molar-refractivity contribution in [1.82, 2.24) is 5.32 Å². The largest absolute Gasteiger partial charge is 0.480 e. The zero-order chi connectivity index (χ0) is 25.6. The van der Waals surface area contributed by atoms with Crippen molar-refractivity contribution in [3.8, 4) is 0 Å². The van der Waals surface area contributed by atoms with E-state index in [0.717, 1.165) is 31.3 Å². The number of rotatable bonds is 10. The molecule has 1 aromatic rings. The quantitative estimate of drug-likeness (QED) is 0.406. The van der Waals surface area contributed by atoms with Gasteiger partial charge < -0.3 is 20.5 Å². The maximum Gasteiger partial charge on any atom is 0.326 e. The number of ether oxygens (including phenoxy) is 1. The van der Waals surface area contributed by atoms with Gasteiger partial charge >= 0.3 is 5.97 Å². The molecule has 2 aliphatic carbocycles. The first-order chi connectivity index (χ1) is 16.6. The number of hydrogen-bond acceptors (Lipinski definition) is 4. The first kappa shape index (κ1) is 27.0. The van der Waals surface area contributed by atoms with Crippen molar-refractivity contribution in [3.63, 3.8) is 0 Å². The summed E-state index contributed by atoms with van der Waals surface area (Å²) in [5, 5.41) is 15.8. The molecule has 0 aliphatic heterocycles. The molecular formula is C26H30Cl2N2O5. The third-order valence-corrected chi connectivity index (χ3v) is 7.15. The Morgan fingerprint density at radius 2 is 1.83 bits per heavy atom. The standard InChI is InChI=1S/C26H30Cl2N2O5/c1-16-13-19(27)22(20(28)14-16)23(31)29-18-7-5-17(6-8-18)15-21(24(32)33)30-25(34)26(11-12-35-2)9-3-4-10-26/h5-8,13,21H,1,3-4,9-12,14-15H2,2H3,(H,29,31)(H,30,34)(H,32,33). The van der Waals surface area contributed by atoms with Crippen LogP contribution in [0.3, 0.4) is 0 Å². The summed E-state index contributed by atoms with van der Waals surface area (Å²) in [7, 11) is 1.59. The Balaban J connectivity index is 1.65. The van der Waals surface area contributed by atoms with E-state index in [4.69, 9.17) is 27.9 Å². The number of benzene rings is 1. The van der Waals surface area contributed by atoms with Crippen LogP contribution in [-0.4, -0.2) is 42.6 Å². The van der Waals surface area contributed by atoms with Gasteiger partial charge in [-0.2, -0.15) is 0 Å². The van der Waals surface area contributed by atoms with Gasteiger partial charge in [0, 0.05) is 37.3 Å². The third-order valence-electron chi connectivity index (χ3n) is 6.53. The Bertz CT molecular complexity index is 1060. The van der Waals surface area contributed by atoms with Crippen LogP contribution in [0.4, 0.5) is 5.69 Å². The molecule has 188 valence electrons. The molecule has 0 spiro atoms. The summed E-state index contributed by atoms with van der Waals surface area (Å²) in [6.45, 7) is 4.27. The second kappa shape index (κ2) is 11.9. The smallest absolute Gasteiger partial charge is 0.326 e. The topological polar surface area (TPSA) is 105 Å². The first-order valence-corrected chi connectivity index (χ1v) is 12.3. The van der Waals surface area contributed by atoms with Crippen LogP contribution in [-0.2, 0) is 25.5 Å². The summed E-state index contributed by atoms with van der Waals surface area (Å²) in [5.41, 5.74) is 1.56. The number of amides is 2. The Morgan fingerprint density at radius 3 is 2.40 bits per heavy atom. The minimum Gasteiger partial charge on any atom is -0.480 e. The summed E-state index contributed by atoms with van der Waals surface area (Å²) >= 11 is 12.4. The number of methoxy groups -OCH3 is 1. The second-order valence-corrected chi connectivity index (χ2v) is 9.92. The molecule has 1 fully saturated rings. The lowest BCUT2D eigenvalue weighted by Crippen LogP contribution is -2.49. The predicted molar refractivity (Wildman–Crippen MR) is 136 cm³/mol. The van der Waals surface area contributed by atoms with Crippen molar-refractivity contribution in [2.24, 2.45) is 5.41 Å². The van der Waals surface area contributed by atoms with Gasteiger partial charge in [-0.3, -0.25) is 9.59 Å². The second-order valence-electron chi connectivity index (χ2n) is 9.06. The summed E-state index contributed by atoms with van der Waals surface area (Å²) in [5.74, 6) is -1.77. The van der Waals surface area contributed by atoms with Crippen molar-refractivity contribution in [2.75, 3.05) is 19.0 Å². The zero-order valence-corrected chi connectivity index (χ0v) is 21.2. The number of carbonyl (C=O) groups excluding carboxylic acids is 2. The summed E-state index contributed by atoms with van der Waals surface area (Å²) < 4.78 is 5.17. The van der Waals surface area contributed by atoms with E-state index in [1.807, 2.05) is 0 Å². The van der Waals surface area contributed by atoms with E-state index in [9.17, 15) is 19.5 Å². The highest BCUT2D eigenvalue weighted by atomic mass is 35.5. The normalized spacial score (nSPS) is 18.1. The van der Waals surface area contributed by atoms with Crippen LogP contribution in [0.5, 0.6) is 0 Å². The lowest BCUT2D eigenvalue weighted by atomic mass is 9.81. The molecule has 35 heavy (non-hydrogen) atoms. The van der Waals surface area contributed by atoms with Crippen LogP contribution in [0, 0.1) is 5.41 Å². The number of carboxylic acid groups (broad SMARTS) is 1. The molecular weight excluding hydrogens is 491 g/mol. The van der Waals surface area contributed by atoms with E-state index in [0.29, 0.717) is 35.7 Å². The molecule has 3 N–H and O–H groups in total. The number of allylic oxidation sites excluding steroid dienone is 3. The zero-order valence-electron chi connectivity index (χ0n) is 19.7. The third kappa shape index (κ3) is 6.75. The van der Waals surface area contributed by atoms with Crippen molar-refractivity contribution >= 4 is 46.7 Å². The molecule has 0 heterocycles. The van der Waals surface area contributed by atoms with Crippen molar-refractivity contribution in [1.29, 1.82) is 0 Å². The van der Waals surface area contributed by atoms with E-state index >= 15 is 0 Å². The van der Waals surface area contributed by atoms with E-state index < -0.39 is 23.3 Å². The summed E-state index contributed by atoms with van der Waals surface area (Å²) in [4.78, 5) is 37.6. The fourth-order valence-corrected chi connectivity index (χ4v) is 5.32. The fourth-order valence-electron chi connectivity index (χ4n) is 4.56. The molecule has 1 atom stereocenters.